The van der Waals surface area contributed by atoms with Gasteiger partial charge in [-0.3, -0.25) is 0 Å². The van der Waals surface area contributed by atoms with E-state index in [1.165, 1.54) is 24.3 Å². The molecule has 0 aromatic heterocycles. The van der Waals surface area contributed by atoms with Crippen LogP contribution in [0.5, 0.6) is 0 Å². The summed E-state index contributed by atoms with van der Waals surface area (Å²) in [5.41, 5.74) is 22.3. The molecule has 0 heterocycles. The van der Waals surface area contributed by atoms with E-state index in [-0.39, 0.29) is 49.3 Å². The number of hydrogen-bond donors (Lipinski definition) is 4. The Labute approximate surface area is 218 Å². The van der Waals surface area contributed by atoms with Crippen molar-refractivity contribution >= 4 is 20.2 Å². The fraction of sp³-hybridized carbons (Fsp3) is 0.400. The Morgan fingerprint density at radius 1 is 0.657 bits per heavy atom. The summed E-state index contributed by atoms with van der Waals surface area (Å²) in [4.78, 5) is -0.355. The van der Waals surface area contributed by atoms with E-state index in [4.69, 9.17) is 22.9 Å². The van der Waals surface area contributed by atoms with E-state index in [9.17, 15) is 25.9 Å². The van der Waals surface area contributed by atoms with Crippen LogP contribution in [0.15, 0.2) is 58.3 Å². The molecule has 2 aromatic rings. The Kier molecular flexibility index (Phi) is 27.1. The molecule has 2 rings (SSSR count). The molecule has 14 N–H and O–H groups in total. The summed E-state index contributed by atoms with van der Waals surface area (Å²) >= 11 is 0. The first-order chi connectivity index (χ1) is 14.5. The van der Waals surface area contributed by atoms with Gasteiger partial charge in [0.15, 0.2) is 0 Å². The molecule has 0 unspecified atom stereocenters. The van der Waals surface area contributed by atoms with Crippen LogP contribution >= 0.6 is 0 Å². The molecular formula is C20H40N4NiO8S2+2. The number of aryl methyl sites for hydroxylation is 2. The van der Waals surface area contributed by atoms with Crippen LogP contribution in [0, 0.1) is 13.8 Å². The van der Waals surface area contributed by atoms with E-state index in [1.54, 1.807) is 24.3 Å². The molecule has 2 aromatic carbocycles. The van der Waals surface area contributed by atoms with Gasteiger partial charge in [-0.15, -0.1) is 0 Å². The zero-order chi connectivity index (χ0) is 25.5. The molecule has 0 aliphatic carbocycles. The van der Waals surface area contributed by atoms with E-state index >= 15 is 0 Å². The molecule has 12 nitrogen and oxygen atoms in total. The van der Waals surface area contributed by atoms with Crippen LogP contribution in [0.4, 0.5) is 0 Å². The fourth-order valence-electron chi connectivity index (χ4n) is 1.41. The Morgan fingerprint density at radius 2 is 0.829 bits per heavy atom. The Balaban J connectivity index is -0.000000118. The summed E-state index contributed by atoms with van der Waals surface area (Å²) in [6, 6.07) is 11.9. The third-order valence-corrected chi connectivity index (χ3v) is 5.06. The Bertz CT molecular complexity index is 890. The maximum absolute atomic E-state index is 10.4. The first kappa shape index (κ1) is 43.6. The van der Waals surface area contributed by atoms with Crippen molar-refractivity contribution < 1.29 is 53.4 Å². The minimum absolute atomic E-state index is 0. The van der Waals surface area contributed by atoms with Crippen molar-refractivity contribution in [3.05, 3.63) is 59.7 Å². The number of nitrogens with two attached hydrogens (primary N) is 4. The van der Waals surface area contributed by atoms with Gasteiger partial charge in [0, 0.05) is 25.2 Å². The van der Waals surface area contributed by atoms with Crippen LogP contribution in [0.2, 0.25) is 0 Å². The van der Waals surface area contributed by atoms with Crippen molar-refractivity contribution in [3.63, 3.8) is 0 Å². The SMILES string of the molecule is C[C@@H](N)CN.C[C@H](N)CN.Cc1ccc(S(=O)(=O)[O-])cc1.Cc1ccc(S(=O)(=O)[O-])cc1.[Ni+2].[OH3+].[OH3+]. The smallest absolute Gasteiger partial charge is 0.744 e. The van der Waals surface area contributed by atoms with Crippen LogP contribution in [-0.2, 0) is 47.7 Å². The minimum Gasteiger partial charge on any atom is -0.744 e. The minimum atomic E-state index is -4.27. The van der Waals surface area contributed by atoms with Gasteiger partial charge in [-0.05, 0) is 52.0 Å². The summed E-state index contributed by atoms with van der Waals surface area (Å²) < 4.78 is 62.3. The zero-order valence-corrected chi connectivity index (χ0v) is 22.9. The van der Waals surface area contributed by atoms with E-state index in [0.29, 0.717) is 13.1 Å². The normalized spacial score (nSPS) is 11.5. The van der Waals surface area contributed by atoms with Gasteiger partial charge in [0.2, 0.25) is 0 Å². The molecule has 0 amide bonds. The van der Waals surface area contributed by atoms with Crippen LogP contribution in [0.1, 0.15) is 25.0 Å². The van der Waals surface area contributed by atoms with E-state index in [0.717, 1.165) is 11.1 Å². The molecule has 0 aliphatic rings. The van der Waals surface area contributed by atoms with Crippen LogP contribution in [0.3, 0.4) is 0 Å². The monoisotopic (exact) mass is 586 g/mol. The summed E-state index contributed by atoms with van der Waals surface area (Å²) in [6.07, 6.45) is 0. The molecule has 0 spiro atoms. The molecule has 0 bridgehead atoms. The predicted molar refractivity (Wildman–Crippen MR) is 133 cm³/mol. The zero-order valence-electron chi connectivity index (χ0n) is 20.2. The maximum atomic E-state index is 10.4. The molecule has 0 radical (unpaired) electrons. The van der Waals surface area contributed by atoms with Gasteiger partial charge >= 0.3 is 16.5 Å². The summed E-state index contributed by atoms with van der Waals surface area (Å²) in [5, 5.41) is 0. The molecule has 35 heavy (non-hydrogen) atoms. The van der Waals surface area contributed by atoms with Gasteiger partial charge in [0.05, 0.1) is 9.79 Å². The molecule has 208 valence electrons. The van der Waals surface area contributed by atoms with Gasteiger partial charge in [-0.1, -0.05) is 35.4 Å². The predicted octanol–water partition coefficient (Wildman–Crippen LogP) is -1.46. The van der Waals surface area contributed by atoms with Crippen LogP contribution < -0.4 is 22.9 Å². The third-order valence-electron chi connectivity index (χ3n) is 3.36. The van der Waals surface area contributed by atoms with Crippen molar-refractivity contribution in [1.29, 1.82) is 0 Å². The molecule has 0 fully saturated rings. The molecule has 0 saturated heterocycles. The summed E-state index contributed by atoms with van der Waals surface area (Å²) in [5.74, 6) is 0. The van der Waals surface area contributed by atoms with Crippen molar-refractivity contribution in [3.8, 4) is 0 Å². The molecule has 15 heteroatoms. The number of rotatable bonds is 4. The van der Waals surface area contributed by atoms with Gasteiger partial charge < -0.3 is 43.0 Å². The molecule has 2 atom stereocenters. The van der Waals surface area contributed by atoms with Crippen LogP contribution in [-0.4, -0.2) is 51.1 Å². The van der Waals surface area contributed by atoms with Crippen molar-refractivity contribution in [2.45, 2.75) is 49.6 Å². The van der Waals surface area contributed by atoms with E-state index < -0.39 is 20.2 Å². The second-order valence-corrected chi connectivity index (χ2v) is 9.72. The second-order valence-electron chi connectivity index (χ2n) is 6.96. The topological polar surface area (TPSA) is 284 Å². The second kappa shape index (κ2) is 21.8. The van der Waals surface area contributed by atoms with Crippen LogP contribution in [0.25, 0.3) is 0 Å². The first-order valence-electron chi connectivity index (χ1n) is 9.51. The summed E-state index contributed by atoms with van der Waals surface area (Å²) in [7, 11) is -8.54. The summed E-state index contributed by atoms with van der Waals surface area (Å²) in [6.45, 7) is 8.56. The van der Waals surface area contributed by atoms with Crippen molar-refractivity contribution in [2.24, 2.45) is 22.9 Å². The van der Waals surface area contributed by atoms with E-state index in [2.05, 4.69) is 0 Å². The fourth-order valence-corrected chi connectivity index (χ4v) is 2.35. The maximum Gasteiger partial charge on any atom is 2.00 e. The first-order valence-corrected chi connectivity index (χ1v) is 12.3. The number of hydrogen-bond acceptors (Lipinski definition) is 10. The van der Waals surface area contributed by atoms with Crippen molar-refractivity contribution in [1.82, 2.24) is 0 Å². The average molecular weight is 587 g/mol. The number of benzene rings is 2. The molecular weight excluding hydrogens is 547 g/mol. The Hall–Kier alpha value is -1.49. The van der Waals surface area contributed by atoms with E-state index in [1.807, 2.05) is 27.7 Å². The third kappa shape index (κ3) is 25.4. The molecule has 0 saturated carbocycles. The molecule has 0 aliphatic heterocycles. The van der Waals surface area contributed by atoms with Gasteiger partial charge in [-0.2, -0.15) is 0 Å². The van der Waals surface area contributed by atoms with Gasteiger partial charge in [0.25, 0.3) is 0 Å². The largest absolute Gasteiger partial charge is 2.00 e. The standard InChI is InChI=1S/2C7H8O3S.2C3H10N2.Ni.2H2O/c2*1-6-2-4-7(5-3-6)11(8,9)10;2*1-3(5)2-4;;;/h2*2-5H,1H3,(H,8,9,10);2*3H,2,4-5H2,1H3;;2*1H2/q;;;;+2;;/t;;2*3-;;;/m..10.../s1. The average Bonchev–Trinajstić information content (AvgIpc) is 2.68. The van der Waals surface area contributed by atoms with Gasteiger partial charge in [-0.25, -0.2) is 16.8 Å². The Morgan fingerprint density at radius 3 is 0.943 bits per heavy atom. The quantitative estimate of drug-likeness (QED) is 0.183. The van der Waals surface area contributed by atoms with Crippen molar-refractivity contribution in [2.75, 3.05) is 13.1 Å². The van der Waals surface area contributed by atoms with Gasteiger partial charge in [0.1, 0.15) is 20.2 Å².